The molecule has 0 N–H and O–H groups in total. The molecule has 0 aliphatic rings. The van der Waals surface area contributed by atoms with Crippen LogP contribution in [0.2, 0.25) is 0 Å². The largest absolute Gasteiger partial charge is 0.300 e. The van der Waals surface area contributed by atoms with Gasteiger partial charge >= 0.3 is 0 Å². The molecule has 0 fully saturated rings. The summed E-state index contributed by atoms with van der Waals surface area (Å²) in [6, 6.07) is 0. The van der Waals surface area contributed by atoms with Gasteiger partial charge in [0.05, 0.1) is 5.69 Å². The fourth-order valence-electron chi connectivity index (χ4n) is 1.32. The Hall–Kier alpha value is -1.16. The molecule has 4 heteroatoms. The van der Waals surface area contributed by atoms with Crippen molar-refractivity contribution >= 4 is 22.1 Å². The van der Waals surface area contributed by atoms with Gasteiger partial charge in [-0.05, 0) is 13.8 Å². The molecule has 0 saturated heterocycles. The topological polar surface area (TPSA) is 34.4 Å². The van der Waals surface area contributed by atoms with Crippen LogP contribution in [0.3, 0.4) is 0 Å². The second-order valence-corrected chi connectivity index (χ2v) is 3.98. The first-order valence-electron chi connectivity index (χ1n) is 4.08. The van der Waals surface area contributed by atoms with E-state index in [1.807, 2.05) is 22.9 Å². The Kier molecular flexibility index (Phi) is 1.92. The van der Waals surface area contributed by atoms with E-state index in [4.69, 9.17) is 0 Å². The highest BCUT2D eigenvalue weighted by atomic mass is 32.1. The molecule has 0 aliphatic carbocycles. The predicted molar refractivity (Wildman–Crippen MR) is 52.2 cm³/mol. The van der Waals surface area contributed by atoms with Crippen molar-refractivity contribution < 1.29 is 4.79 Å². The van der Waals surface area contributed by atoms with Gasteiger partial charge in [0.1, 0.15) is 5.78 Å². The fourth-order valence-corrected chi connectivity index (χ4v) is 2.24. The second-order valence-electron chi connectivity index (χ2n) is 3.14. The zero-order valence-corrected chi connectivity index (χ0v) is 8.39. The van der Waals surface area contributed by atoms with E-state index in [9.17, 15) is 4.79 Å². The number of carbonyl (C=O) groups is 1. The van der Waals surface area contributed by atoms with Gasteiger partial charge in [0.2, 0.25) is 0 Å². The Labute approximate surface area is 80.0 Å². The molecule has 0 atom stereocenters. The predicted octanol–water partition coefficient (Wildman–Crippen LogP) is 1.84. The molecule has 3 nitrogen and oxygen atoms in total. The molecule has 2 aromatic rings. The summed E-state index contributed by atoms with van der Waals surface area (Å²) < 4.78 is 1.99. The highest BCUT2D eigenvalue weighted by molar-refractivity contribution is 7.15. The van der Waals surface area contributed by atoms with E-state index in [2.05, 4.69) is 4.98 Å². The van der Waals surface area contributed by atoms with Crippen molar-refractivity contribution in [1.29, 1.82) is 0 Å². The van der Waals surface area contributed by atoms with E-state index in [0.29, 0.717) is 6.42 Å². The smallest absolute Gasteiger partial charge is 0.194 e. The van der Waals surface area contributed by atoms with E-state index >= 15 is 0 Å². The van der Waals surface area contributed by atoms with Crippen molar-refractivity contribution in [3.05, 3.63) is 23.0 Å². The Bertz CT molecular complexity index is 455. The van der Waals surface area contributed by atoms with Crippen LogP contribution in [0.15, 0.2) is 11.6 Å². The Morgan fingerprint density at radius 3 is 3.15 bits per heavy atom. The number of aromatic nitrogens is 2. The Morgan fingerprint density at radius 2 is 2.46 bits per heavy atom. The van der Waals surface area contributed by atoms with E-state index in [0.717, 1.165) is 16.3 Å². The van der Waals surface area contributed by atoms with Crippen LogP contribution in [-0.2, 0) is 11.2 Å². The van der Waals surface area contributed by atoms with Crippen LogP contribution in [0.1, 0.15) is 18.3 Å². The molecule has 0 aromatic carbocycles. The van der Waals surface area contributed by atoms with Gasteiger partial charge in [0.15, 0.2) is 4.96 Å². The number of aryl methyl sites for hydroxylation is 1. The van der Waals surface area contributed by atoms with Crippen LogP contribution in [0.25, 0.3) is 4.96 Å². The van der Waals surface area contributed by atoms with Gasteiger partial charge in [0, 0.05) is 23.7 Å². The van der Waals surface area contributed by atoms with Crippen molar-refractivity contribution in [2.45, 2.75) is 20.3 Å². The van der Waals surface area contributed by atoms with Gasteiger partial charge in [-0.3, -0.25) is 9.20 Å². The maximum atomic E-state index is 10.9. The van der Waals surface area contributed by atoms with Crippen molar-refractivity contribution in [2.75, 3.05) is 0 Å². The van der Waals surface area contributed by atoms with Crippen LogP contribution in [0, 0.1) is 6.92 Å². The first-order valence-corrected chi connectivity index (χ1v) is 4.96. The van der Waals surface area contributed by atoms with Crippen molar-refractivity contribution in [3.8, 4) is 0 Å². The molecule has 0 saturated carbocycles. The van der Waals surface area contributed by atoms with Gasteiger partial charge < -0.3 is 0 Å². The number of hydrogen-bond donors (Lipinski definition) is 0. The lowest BCUT2D eigenvalue weighted by atomic mass is 10.2. The minimum Gasteiger partial charge on any atom is -0.300 e. The molecule has 0 radical (unpaired) electrons. The zero-order chi connectivity index (χ0) is 9.42. The number of hydrogen-bond acceptors (Lipinski definition) is 3. The van der Waals surface area contributed by atoms with Gasteiger partial charge in [-0.2, -0.15) is 0 Å². The maximum Gasteiger partial charge on any atom is 0.194 e. The van der Waals surface area contributed by atoms with Crippen LogP contribution < -0.4 is 0 Å². The van der Waals surface area contributed by atoms with Crippen molar-refractivity contribution in [1.82, 2.24) is 9.38 Å². The summed E-state index contributed by atoms with van der Waals surface area (Å²) >= 11 is 1.58. The fraction of sp³-hybridized carbons (Fsp3) is 0.333. The summed E-state index contributed by atoms with van der Waals surface area (Å²) in [7, 11) is 0. The molecular formula is C9H10N2OS. The van der Waals surface area contributed by atoms with Gasteiger partial charge in [-0.1, -0.05) is 0 Å². The standard InChI is InChI=1S/C9H10N2OS/c1-6-4-11-8(3-7(2)12)5-13-9(11)10-6/h4-5H,3H2,1-2H3. The zero-order valence-electron chi connectivity index (χ0n) is 7.57. The van der Waals surface area contributed by atoms with Crippen LogP contribution in [-0.4, -0.2) is 15.2 Å². The molecule has 13 heavy (non-hydrogen) atoms. The number of fused-ring (bicyclic) bond motifs is 1. The normalized spacial score (nSPS) is 10.9. The molecule has 0 aliphatic heterocycles. The monoisotopic (exact) mass is 194 g/mol. The summed E-state index contributed by atoms with van der Waals surface area (Å²) in [4.78, 5) is 16.2. The van der Waals surface area contributed by atoms with Gasteiger partial charge in [-0.25, -0.2) is 4.98 Å². The third kappa shape index (κ3) is 1.49. The number of imidazole rings is 1. The SMILES string of the molecule is CC(=O)Cc1csc2nc(C)cn12. The first kappa shape index (κ1) is 8.44. The average molecular weight is 194 g/mol. The highest BCUT2D eigenvalue weighted by Crippen LogP contribution is 2.16. The van der Waals surface area contributed by atoms with Gasteiger partial charge in [-0.15, -0.1) is 11.3 Å². The average Bonchev–Trinajstić information content (AvgIpc) is 2.51. The molecule has 2 heterocycles. The Morgan fingerprint density at radius 1 is 1.69 bits per heavy atom. The number of nitrogens with zero attached hydrogens (tertiary/aromatic N) is 2. The summed E-state index contributed by atoms with van der Waals surface area (Å²) in [5.41, 5.74) is 2.03. The van der Waals surface area contributed by atoms with E-state index in [1.54, 1.807) is 18.3 Å². The van der Waals surface area contributed by atoms with Gasteiger partial charge in [0.25, 0.3) is 0 Å². The molecule has 0 amide bonds. The van der Waals surface area contributed by atoms with Crippen LogP contribution >= 0.6 is 11.3 Å². The molecule has 2 aromatic heterocycles. The quantitative estimate of drug-likeness (QED) is 0.731. The Balaban J connectivity index is 2.50. The number of rotatable bonds is 2. The second kappa shape index (κ2) is 2.96. The third-order valence-electron chi connectivity index (χ3n) is 1.83. The van der Waals surface area contributed by atoms with E-state index in [-0.39, 0.29) is 5.78 Å². The number of thiazole rings is 1. The third-order valence-corrected chi connectivity index (χ3v) is 2.72. The number of ketones is 1. The minimum atomic E-state index is 0.186. The first-order chi connectivity index (χ1) is 6.16. The molecule has 68 valence electrons. The number of Topliss-reactive ketones (excluding diaryl/α,β-unsaturated/α-hetero) is 1. The van der Waals surface area contributed by atoms with Crippen molar-refractivity contribution in [3.63, 3.8) is 0 Å². The van der Waals surface area contributed by atoms with Crippen LogP contribution in [0.4, 0.5) is 0 Å². The molecule has 0 bridgehead atoms. The number of carbonyl (C=O) groups excluding carboxylic acids is 1. The lowest BCUT2D eigenvalue weighted by Gasteiger charge is -1.93. The lowest BCUT2D eigenvalue weighted by molar-refractivity contribution is -0.116. The molecule has 0 spiro atoms. The molecule has 2 rings (SSSR count). The minimum absolute atomic E-state index is 0.186. The van der Waals surface area contributed by atoms with Crippen molar-refractivity contribution in [2.24, 2.45) is 0 Å². The molecule has 0 unspecified atom stereocenters. The summed E-state index contributed by atoms with van der Waals surface area (Å²) in [5.74, 6) is 0.186. The summed E-state index contributed by atoms with van der Waals surface area (Å²) in [6.07, 6.45) is 2.46. The highest BCUT2D eigenvalue weighted by Gasteiger charge is 2.07. The summed E-state index contributed by atoms with van der Waals surface area (Å²) in [5, 5.41) is 1.99. The maximum absolute atomic E-state index is 10.9. The molecular weight excluding hydrogens is 184 g/mol. The summed E-state index contributed by atoms with van der Waals surface area (Å²) in [6.45, 7) is 3.56. The van der Waals surface area contributed by atoms with E-state index in [1.165, 1.54) is 0 Å². The van der Waals surface area contributed by atoms with Crippen LogP contribution in [0.5, 0.6) is 0 Å². The van der Waals surface area contributed by atoms with E-state index < -0.39 is 0 Å². The lowest BCUT2D eigenvalue weighted by Crippen LogP contribution is -1.98.